The van der Waals surface area contributed by atoms with Crippen LogP contribution < -0.4 is 15.4 Å². The van der Waals surface area contributed by atoms with E-state index in [1.807, 2.05) is 25.1 Å². The third-order valence-electron chi connectivity index (χ3n) is 7.74. The first-order chi connectivity index (χ1) is 18.3. The van der Waals surface area contributed by atoms with Gasteiger partial charge in [-0.1, -0.05) is 44.4 Å². The van der Waals surface area contributed by atoms with Gasteiger partial charge in [-0.05, 0) is 63.1 Å². The lowest BCUT2D eigenvalue weighted by atomic mass is 9.89. The molecule has 2 aromatic carbocycles. The molecular formula is C30H42N4O4. The number of ether oxygens (including phenoxy) is 1. The van der Waals surface area contributed by atoms with Crippen LogP contribution in [0.15, 0.2) is 48.5 Å². The van der Waals surface area contributed by atoms with Gasteiger partial charge >= 0.3 is 6.03 Å². The minimum Gasteiger partial charge on any atom is -0.488 e. The van der Waals surface area contributed by atoms with Crippen molar-refractivity contribution in [2.75, 3.05) is 43.9 Å². The Bertz CT molecular complexity index is 1070. The van der Waals surface area contributed by atoms with E-state index in [4.69, 9.17) is 4.74 Å². The van der Waals surface area contributed by atoms with E-state index >= 15 is 0 Å². The second-order valence-corrected chi connectivity index (χ2v) is 11.0. The van der Waals surface area contributed by atoms with E-state index in [-0.39, 0.29) is 30.6 Å². The van der Waals surface area contributed by atoms with Gasteiger partial charge in [-0.25, -0.2) is 4.79 Å². The summed E-state index contributed by atoms with van der Waals surface area (Å²) in [6.07, 6.45) is 6.44. The molecule has 0 aromatic heterocycles. The van der Waals surface area contributed by atoms with Gasteiger partial charge in [0.05, 0.1) is 18.2 Å². The van der Waals surface area contributed by atoms with Gasteiger partial charge in [0.15, 0.2) is 0 Å². The summed E-state index contributed by atoms with van der Waals surface area (Å²) in [6.45, 7) is 6.12. The number of para-hydroxylation sites is 1. The molecule has 4 rings (SSSR count). The molecule has 1 aliphatic carbocycles. The van der Waals surface area contributed by atoms with Crippen LogP contribution in [0.2, 0.25) is 0 Å². The summed E-state index contributed by atoms with van der Waals surface area (Å²) in [4.78, 5) is 30.3. The first kappa shape index (κ1) is 27.9. The quantitative estimate of drug-likeness (QED) is 0.450. The fraction of sp³-hybridized carbons (Fsp3) is 0.533. The Kier molecular flexibility index (Phi) is 9.63. The number of rotatable bonds is 8. The van der Waals surface area contributed by atoms with Crippen LogP contribution in [-0.4, -0.2) is 72.3 Å². The van der Waals surface area contributed by atoms with E-state index in [1.54, 1.807) is 35.2 Å². The first-order valence-electron chi connectivity index (χ1n) is 13.9. The topological polar surface area (TPSA) is 94.1 Å². The van der Waals surface area contributed by atoms with Crippen LogP contribution in [0.25, 0.3) is 0 Å². The number of nitrogens with one attached hydrogen (secondary N) is 2. The normalized spacial score (nSPS) is 21.2. The molecule has 1 heterocycles. The molecule has 1 aliphatic heterocycles. The summed E-state index contributed by atoms with van der Waals surface area (Å²) in [7, 11) is 2.15. The van der Waals surface area contributed by atoms with E-state index in [0.29, 0.717) is 29.2 Å². The average Bonchev–Trinajstić information content (AvgIpc) is 2.91. The lowest BCUT2D eigenvalue weighted by molar-refractivity contribution is 0.0330. The van der Waals surface area contributed by atoms with Gasteiger partial charge in [-0.2, -0.15) is 0 Å². The van der Waals surface area contributed by atoms with Crippen LogP contribution in [0.5, 0.6) is 5.75 Å². The molecule has 3 N–H and O–H groups in total. The number of amides is 3. The maximum atomic E-state index is 13.7. The number of likely N-dealkylation sites (N-methyl/N-ethyl adjacent to an activating group) is 1. The van der Waals surface area contributed by atoms with Gasteiger partial charge in [0.2, 0.25) is 0 Å². The molecule has 0 bridgehead atoms. The lowest BCUT2D eigenvalue weighted by Gasteiger charge is -2.38. The third-order valence-corrected chi connectivity index (χ3v) is 7.74. The minimum atomic E-state index is -0.396. The Hall–Kier alpha value is -3.10. The number of aliphatic hydroxyl groups is 1. The van der Waals surface area contributed by atoms with Crippen molar-refractivity contribution in [3.63, 3.8) is 0 Å². The molecule has 1 fully saturated rings. The fourth-order valence-corrected chi connectivity index (χ4v) is 5.53. The van der Waals surface area contributed by atoms with Crippen LogP contribution in [0.3, 0.4) is 0 Å². The number of carbonyl (C=O) groups is 2. The van der Waals surface area contributed by atoms with E-state index < -0.39 is 6.03 Å². The van der Waals surface area contributed by atoms with Gasteiger partial charge in [-0.3, -0.25) is 4.79 Å². The van der Waals surface area contributed by atoms with Crippen LogP contribution in [0.1, 0.15) is 56.3 Å². The molecule has 38 heavy (non-hydrogen) atoms. The minimum absolute atomic E-state index is 0.0735. The van der Waals surface area contributed by atoms with E-state index in [0.717, 1.165) is 19.0 Å². The Morgan fingerprint density at radius 1 is 1.08 bits per heavy atom. The maximum absolute atomic E-state index is 13.7. The molecule has 2 aromatic rings. The highest BCUT2D eigenvalue weighted by Gasteiger charge is 2.34. The fourth-order valence-electron chi connectivity index (χ4n) is 5.53. The van der Waals surface area contributed by atoms with E-state index in [2.05, 4.69) is 29.5 Å². The smallest absolute Gasteiger partial charge is 0.323 e. The van der Waals surface area contributed by atoms with Crippen LogP contribution in [-0.2, 0) is 0 Å². The predicted octanol–water partition coefficient (Wildman–Crippen LogP) is 5.06. The monoisotopic (exact) mass is 522 g/mol. The van der Waals surface area contributed by atoms with Crippen LogP contribution >= 0.6 is 0 Å². The van der Waals surface area contributed by atoms with Crippen molar-refractivity contribution in [3.8, 4) is 5.75 Å². The molecule has 206 valence electrons. The number of urea groups is 1. The number of anilines is 2. The molecule has 3 amide bonds. The molecule has 3 atom stereocenters. The van der Waals surface area contributed by atoms with Crippen molar-refractivity contribution >= 4 is 23.3 Å². The van der Waals surface area contributed by atoms with Gasteiger partial charge in [0.25, 0.3) is 5.91 Å². The van der Waals surface area contributed by atoms with E-state index in [1.165, 1.54) is 32.1 Å². The second kappa shape index (κ2) is 13.1. The molecule has 0 radical (unpaired) electrons. The Balaban J connectivity index is 1.53. The van der Waals surface area contributed by atoms with Crippen molar-refractivity contribution in [2.45, 2.75) is 58.1 Å². The maximum Gasteiger partial charge on any atom is 0.323 e. The Morgan fingerprint density at radius 3 is 2.50 bits per heavy atom. The Labute approximate surface area is 226 Å². The zero-order valence-corrected chi connectivity index (χ0v) is 22.9. The van der Waals surface area contributed by atoms with Gasteiger partial charge in [0.1, 0.15) is 11.9 Å². The van der Waals surface area contributed by atoms with Crippen molar-refractivity contribution in [1.82, 2.24) is 9.80 Å². The summed E-state index contributed by atoms with van der Waals surface area (Å²) >= 11 is 0. The molecule has 0 unspecified atom stereocenters. The summed E-state index contributed by atoms with van der Waals surface area (Å²) < 4.78 is 6.52. The molecular weight excluding hydrogens is 480 g/mol. The molecule has 0 saturated heterocycles. The van der Waals surface area contributed by atoms with Gasteiger partial charge in [-0.15, -0.1) is 0 Å². The van der Waals surface area contributed by atoms with Crippen molar-refractivity contribution in [1.29, 1.82) is 0 Å². The third kappa shape index (κ3) is 7.26. The Morgan fingerprint density at radius 2 is 1.79 bits per heavy atom. The summed E-state index contributed by atoms with van der Waals surface area (Å²) in [5.41, 5.74) is 1.55. The lowest BCUT2D eigenvalue weighted by Crippen LogP contribution is -2.50. The standard InChI is InChI=1S/C30H42N4O4/c1-21-17-34(22(2)20-35)29(36)26-16-25(32-30(37)31-24-12-8-5-9-13-24)14-15-27(26)38-28(21)19-33(3)18-23-10-6-4-7-11-23/h5,8-9,12-16,21-23,28,35H,4,6-7,10-11,17-20H2,1-3H3,(H2,31,32,37)/t21-,22+,28+/m0/s1. The molecule has 2 aliphatic rings. The highest BCUT2D eigenvalue weighted by Crippen LogP contribution is 2.31. The highest BCUT2D eigenvalue weighted by atomic mass is 16.5. The average molecular weight is 523 g/mol. The SMILES string of the molecule is C[C@H](CO)N1C[C@H](C)[C@@H](CN(C)CC2CCCCC2)Oc2ccc(NC(=O)Nc3ccccc3)cc2C1=O. The summed E-state index contributed by atoms with van der Waals surface area (Å²) in [5, 5.41) is 15.5. The second-order valence-electron chi connectivity index (χ2n) is 11.0. The number of benzene rings is 2. The van der Waals surface area contributed by atoms with Crippen molar-refractivity contribution < 1.29 is 19.4 Å². The van der Waals surface area contributed by atoms with Crippen LogP contribution in [0, 0.1) is 11.8 Å². The largest absolute Gasteiger partial charge is 0.488 e. The number of hydrogen-bond donors (Lipinski definition) is 3. The summed E-state index contributed by atoms with van der Waals surface area (Å²) in [6, 6.07) is 13.6. The number of carbonyl (C=O) groups excluding carboxylic acids is 2. The number of fused-ring (bicyclic) bond motifs is 1. The van der Waals surface area contributed by atoms with E-state index in [9.17, 15) is 14.7 Å². The number of aliphatic hydroxyl groups excluding tert-OH is 1. The molecule has 8 nitrogen and oxygen atoms in total. The molecule has 1 saturated carbocycles. The number of hydrogen-bond acceptors (Lipinski definition) is 5. The predicted molar refractivity (Wildman–Crippen MR) is 151 cm³/mol. The zero-order chi connectivity index (χ0) is 27.1. The first-order valence-corrected chi connectivity index (χ1v) is 13.9. The zero-order valence-electron chi connectivity index (χ0n) is 22.9. The molecule has 8 heteroatoms. The van der Waals surface area contributed by atoms with Crippen LogP contribution in [0.4, 0.5) is 16.2 Å². The van der Waals surface area contributed by atoms with Gasteiger partial charge < -0.3 is 30.3 Å². The van der Waals surface area contributed by atoms with Crippen molar-refractivity contribution in [3.05, 3.63) is 54.1 Å². The van der Waals surface area contributed by atoms with Crippen molar-refractivity contribution in [2.24, 2.45) is 11.8 Å². The number of nitrogens with zero attached hydrogens (tertiary/aromatic N) is 2. The van der Waals surface area contributed by atoms with Gasteiger partial charge in [0, 0.05) is 36.9 Å². The molecule has 0 spiro atoms. The summed E-state index contributed by atoms with van der Waals surface area (Å²) in [5.74, 6) is 1.09. The highest BCUT2D eigenvalue weighted by molar-refractivity contribution is 6.02.